The van der Waals surface area contributed by atoms with Crippen molar-refractivity contribution in [2.45, 2.75) is 37.3 Å². The van der Waals surface area contributed by atoms with Crippen LogP contribution in [0.3, 0.4) is 0 Å². The van der Waals surface area contributed by atoms with E-state index in [1.165, 1.54) is 12.1 Å². The molecule has 11 heteroatoms. The third-order valence-electron chi connectivity index (χ3n) is 9.15. The summed E-state index contributed by atoms with van der Waals surface area (Å²) in [5.74, 6) is -0.800. The molecule has 0 aliphatic carbocycles. The lowest BCUT2D eigenvalue weighted by molar-refractivity contribution is -0.132. The molecule has 3 aliphatic rings. The number of nitrogens with zero attached hydrogens (tertiary/aromatic N) is 3. The number of likely N-dealkylation sites (N-methyl/N-ethyl adjacent to an activating group) is 1. The molecule has 3 aromatic carbocycles. The molecule has 0 saturated carbocycles. The van der Waals surface area contributed by atoms with E-state index in [1.807, 2.05) is 13.1 Å². The van der Waals surface area contributed by atoms with Gasteiger partial charge in [-0.1, -0.05) is 41.4 Å². The lowest BCUT2D eigenvalue weighted by Crippen LogP contribution is -2.48. The first-order valence-electron chi connectivity index (χ1n) is 15.3. The number of rotatable bonds is 8. The topological polar surface area (TPSA) is 74.3 Å². The van der Waals surface area contributed by atoms with Crippen molar-refractivity contribution in [2.75, 3.05) is 63.2 Å². The van der Waals surface area contributed by atoms with E-state index in [4.69, 9.17) is 32.7 Å². The van der Waals surface area contributed by atoms with E-state index in [0.29, 0.717) is 66.7 Å². The molecule has 0 radical (unpaired) electrons. The number of likely N-dealkylation sites (tertiary alicyclic amines) is 1. The van der Waals surface area contributed by atoms with Crippen molar-refractivity contribution in [2.24, 2.45) is 0 Å². The summed E-state index contributed by atoms with van der Waals surface area (Å²) in [4.78, 5) is 32.7. The van der Waals surface area contributed by atoms with E-state index in [-0.39, 0.29) is 11.7 Å². The number of nitrogens with one attached hydrogen (secondary N) is 1. The minimum atomic E-state index is -0.868. The molecule has 3 aliphatic heterocycles. The quantitative estimate of drug-likeness (QED) is 0.293. The highest BCUT2D eigenvalue weighted by molar-refractivity contribution is 6.42. The van der Waals surface area contributed by atoms with Crippen LogP contribution in [0.2, 0.25) is 10.0 Å². The van der Waals surface area contributed by atoms with Gasteiger partial charge in [0, 0.05) is 63.9 Å². The number of carbonyl (C=O) groups is 2. The molecule has 1 N–H and O–H groups in total. The summed E-state index contributed by atoms with van der Waals surface area (Å²) >= 11 is 12.6. The summed E-state index contributed by atoms with van der Waals surface area (Å²) < 4.78 is 25.4. The van der Waals surface area contributed by atoms with Gasteiger partial charge in [-0.3, -0.25) is 10.1 Å². The molecule has 238 valence electrons. The molecule has 3 heterocycles. The number of ether oxygens (including phenoxy) is 2. The van der Waals surface area contributed by atoms with Crippen LogP contribution >= 0.6 is 23.2 Å². The Balaban J connectivity index is 1.13. The maximum atomic E-state index is 14.2. The van der Waals surface area contributed by atoms with Gasteiger partial charge in [0.05, 0.1) is 34.9 Å². The molecule has 45 heavy (non-hydrogen) atoms. The molecular formula is C34H37Cl2FN4O4. The Labute approximate surface area is 273 Å². The number of piperidine rings is 1. The number of carbonyl (C=O) groups excluding carboxylic acids is 2. The van der Waals surface area contributed by atoms with Crippen molar-refractivity contribution in [3.05, 3.63) is 93.2 Å². The highest BCUT2D eigenvalue weighted by atomic mass is 35.5. The van der Waals surface area contributed by atoms with Gasteiger partial charge in [-0.05, 0) is 66.6 Å². The van der Waals surface area contributed by atoms with Crippen LogP contribution in [0.5, 0.6) is 0 Å². The molecule has 3 aromatic rings. The number of benzene rings is 3. The van der Waals surface area contributed by atoms with Gasteiger partial charge < -0.3 is 24.2 Å². The fourth-order valence-electron chi connectivity index (χ4n) is 6.60. The van der Waals surface area contributed by atoms with Gasteiger partial charge in [0.1, 0.15) is 11.4 Å². The Bertz CT molecular complexity index is 1540. The van der Waals surface area contributed by atoms with E-state index in [0.717, 1.165) is 43.1 Å². The number of hydrogen-bond donors (Lipinski definition) is 1. The van der Waals surface area contributed by atoms with Gasteiger partial charge in [0.25, 0.3) is 0 Å². The Morgan fingerprint density at radius 2 is 1.73 bits per heavy atom. The maximum absolute atomic E-state index is 14.2. The van der Waals surface area contributed by atoms with Crippen LogP contribution in [0.15, 0.2) is 60.7 Å². The lowest BCUT2D eigenvalue weighted by atomic mass is 9.82. The van der Waals surface area contributed by atoms with Gasteiger partial charge in [0.15, 0.2) is 0 Å². The molecular weight excluding hydrogens is 618 g/mol. The minimum Gasteiger partial charge on any atom is -0.438 e. The predicted octanol–water partition coefficient (Wildman–Crippen LogP) is 6.65. The predicted molar refractivity (Wildman–Crippen MR) is 174 cm³/mol. The second-order valence-electron chi connectivity index (χ2n) is 12.0. The molecule has 8 nitrogen and oxygen atoms in total. The zero-order chi connectivity index (χ0) is 31.6. The van der Waals surface area contributed by atoms with Crippen molar-refractivity contribution in [3.63, 3.8) is 0 Å². The fraction of sp³-hybridized carbons (Fsp3) is 0.412. The Morgan fingerprint density at radius 3 is 2.44 bits per heavy atom. The molecule has 1 unspecified atom stereocenters. The Hall–Kier alpha value is -3.37. The van der Waals surface area contributed by atoms with E-state index < -0.39 is 17.6 Å². The number of fused-ring (bicyclic) bond motifs is 2. The third kappa shape index (κ3) is 7.07. The van der Waals surface area contributed by atoms with Crippen LogP contribution in [0.4, 0.5) is 20.6 Å². The number of morpholine rings is 1. The first-order valence-corrected chi connectivity index (χ1v) is 16.1. The van der Waals surface area contributed by atoms with Crippen LogP contribution in [-0.2, 0) is 26.4 Å². The van der Waals surface area contributed by atoms with E-state index in [9.17, 15) is 14.0 Å². The smallest absolute Gasteiger partial charge is 0.412 e. The SMILES string of the molecule is CN(Cc1ccc(N2CCOCC2)cc1)C(=O)C(CCN1CCC2(CC1)OC(=O)Nc1ccc(F)cc12)c1ccc(Cl)c(Cl)c1. The second-order valence-corrected chi connectivity index (χ2v) is 12.8. The summed E-state index contributed by atoms with van der Waals surface area (Å²) in [6.45, 7) is 5.59. The fourth-order valence-corrected chi connectivity index (χ4v) is 6.91. The van der Waals surface area contributed by atoms with Gasteiger partial charge in [-0.15, -0.1) is 0 Å². The molecule has 6 rings (SSSR count). The summed E-state index contributed by atoms with van der Waals surface area (Å²) in [7, 11) is 1.83. The number of halogens is 3. The lowest BCUT2D eigenvalue weighted by Gasteiger charge is -2.44. The van der Waals surface area contributed by atoms with Crippen molar-refractivity contribution < 1.29 is 23.5 Å². The summed E-state index contributed by atoms with van der Waals surface area (Å²) in [6, 6.07) is 18.1. The molecule has 2 saturated heterocycles. The summed E-state index contributed by atoms with van der Waals surface area (Å²) in [5.41, 5.74) is 3.41. The monoisotopic (exact) mass is 654 g/mol. The largest absolute Gasteiger partial charge is 0.438 e. The maximum Gasteiger partial charge on any atom is 0.412 e. The molecule has 2 amide bonds. The van der Waals surface area contributed by atoms with Crippen LogP contribution in [-0.4, -0.2) is 74.8 Å². The highest BCUT2D eigenvalue weighted by Crippen LogP contribution is 2.44. The zero-order valence-electron chi connectivity index (χ0n) is 25.2. The van der Waals surface area contributed by atoms with Crippen molar-refractivity contribution in [1.82, 2.24) is 9.80 Å². The van der Waals surface area contributed by atoms with Crippen LogP contribution in [0.25, 0.3) is 0 Å². The van der Waals surface area contributed by atoms with Gasteiger partial charge in [0.2, 0.25) is 5.91 Å². The van der Waals surface area contributed by atoms with Crippen LogP contribution in [0.1, 0.15) is 41.9 Å². The van der Waals surface area contributed by atoms with Crippen LogP contribution < -0.4 is 10.2 Å². The molecule has 0 bridgehead atoms. The van der Waals surface area contributed by atoms with E-state index >= 15 is 0 Å². The van der Waals surface area contributed by atoms with Gasteiger partial charge in [-0.25, -0.2) is 9.18 Å². The van der Waals surface area contributed by atoms with Gasteiger partial charge >= 0.3 is 6.09 Å². The highest BCUT2D eigenvalue weighted by Gasteiger charge is 2.44. The number of amides is 2. The Kier molecular flexibility index (Phi) is 9.52. The third-order valence-corrected chi connectivity index (χ3v) is 9.89. The minimum absolute atomic E-state index is 0.00388. The average Bonchev–Trinajstić information content (AvgIpc) is 3.04. The number of anilines is 2. The van der Waals surface area contributed by atoms with E-state index in [1.54, 1.807) is 23.1 Å². The summed E-state index contributed by atoms with van der Waals surface area (Å²) in [6.07, 6.45) is 1.11. The van der Waals surface area contributed by atoms with Crippen molar-refractivity contribution in [1.29, 1.82) is 0 Å². The van der Waals surface area contributed by atoms with E-state index in [2.05, 4.69) is 39.4 Å². The standard InChI is InChI=1S/C34H37Cl2FN4O4/c1-39(22-23-2-6-26(7-3-23)41-16-18-44-19-17-41)32(42)27(24-4-8-29(35)30(36)20-24)10-13-40-14-11-34(12-15-40)28-21-25(37)5-9-31(28)38-33(43)45-34/h2-9,20-21,27H,10-19,22H2,1H3,(H,38,43). The molecule has 1 spiro atoms. The second kappa shape index (κ2) is 13.5. The number of hydrogen-bond acceptors (Lipinski definition) is 6. The normalized spacial score (nSPS) is 18.6. The summed E-state index contributed by atoms with van der Waals surface area (Å²) in [5, 5.41) is 3.53. The van der Waals surface area contributed by atoms with Crippen molar-refractivity contribution >= 4 is 46.6 Å². The molecule has 1 atom stereocenters. The zero-order valence-corrected chi connectivity index (χ0v) is 26.7. The van der Waals surface area contributed by atoms with Crippen LogP contribution in [0, 0.1) is 5.82 Å². The first kappa shape index (κ1) is 31.6. The Morgan fingerprint density at radius 1 is 1.00 bits per heavy atom. The first-order chi connectivity index (χ1) is 21.7. The van der Waals surface area contributed by atoms with Crippen molar-refractivity contribution in [3.8, 4) is 0 Å². The molecule has 0 aromatic heterocycles. The van der Waals surface area contributed by atoms with Gasteiger partial charge in [-0.2, -0.15) is 0 Å². The average molecular weight is 656 g/mol. The molecule has 2 fully saturated rings.